The van der Waals surface area contributed by atoms with Crippen molar-refractivity contribution in [3.05, 3.63) is 29.6 Å². The van der Waals surface area contributed by atoms with E-state index in [2.05, 4.69) is 12.2 Å². The molecule has 0 saturated heterocycles. The standard InChI is InChI=1S/C14H23FN2O/c1-11(5-7-16)10-17-8-6-12-3-4-14(18-2)13(15)9-12/h3-4,9,11,17H,5-8,10,16H2,1-2H3. The Morgan fingerprint density at radius 3 is 2.83 bits per heavy atom. The lowest BCUT2D eigenvalue weighted by molar-refractivity contribution is 0.386. The van der Waals surface area contributed by atoms with Crippen LogP contribution >= 0.6 is 0 Å². The van der Waals surface area contributed by atoms with Crippen LogP contribution in [-0.2, 0) is 6.42 Å². The second-order valence-corrected chi connectivity index (χ2v) is 4.61. The number of hydrogen-bond donors (Lipinski definition) is 2. The molecule has 1 atom stereocenters. The van der Waals surface area contributed by atoms with Gasteiger partial charge in [0.25, 0.3) is 0 Å². The topological polar surface area (TPSA) is 47.3 Å². The molecule has 3 N–H and O–H groups in total. The third-order valence-corrected chi connectivity index (χ3v) is 2.96. The summed E-state index contributed by atoms with van der Waals surface area (Å²) in [6.45, 7) is 4.70. The fourth-order valence-electron chi connectivity index (χ4n) is 1.83. The summed E-state index contributed by atoms with van der Waals surface area (Å²) in [7, 11) is 1.47. The lowest BCUT2D eigenvalue weighted by Crippen LogP contribution is -2.24. The molecule has 1 aromatic carbocycles. The first-order chi connectivity index (χ1) is 8.67. The van der Waals surface area contributed by atoms with Crippen LogP contribution in [0, 0.1) is 11.7 Å². The molecule has 0 bridgehead atoms. The molecule has 0 aliphatic heterocycles. The van der Waals surface area contributed by atoms with Crippen molar-refractivity contribution in [2.45, 2.75) is 19.8 Å². The smallest absolute Gasteiger partial charge is 0.165 e. The Kier molecular flexibility index (Phi) is 6.68. The first-order valence-electron chi connectivity index (χ1n) is 6.40. The van der Waals surface area contributed by atoms with Crippen LogP contribution in [0.3, 0.4) is 0 Å². The van der Waals surface area contributed by atoms with E-state index in [1.165, 1.54) is 13.2 Å². The second kappa shape index (κ2) is 8.06. The Morgan fingerprint density at radius 1 is 1.44 bits per heavy atom. The summed E-state index contributed by atoms with van der Waals surface area (Å²) in [6.07, 6.45) is 1.85. The van der Waals surface area contributed by atoms with Crippen LogP contribution in [-0.4, -0.2) is 26.7 Å². The minimum absolute atomic E-state index is 0.295. The summed E-state index contributed by atoms with van der Waals surface area (Å²) in [5, 5.41) is 3.36. The van der Waals surface area contributed by atoms with E-state index in [1.54, 1.807) is 6.07 Å². The normalized spacial score (nSPS) is 12.4. The molecule has 0 aliphatic carbocycles. The highest BCUT2D eigenvalue weighted by Crippen LogP contribution is 2.17. The molecule has 18 heavy (non-hydrogen) atoms. The molecule has 0 amide bonds. The fraction of sp³-hybridized carbons (Fsp3) is 0.571. The number of rotatable bonds is 8. The zero-order valence-electron chi connectivity index (χ0n) is 11.2. The van der Waals surface area contributed by atoms with Crippen molar-refractivity contribution in [3.63, 3.8) is 0 Å². The number of nitrogens with two attached hydrogens (primary N) is 1. The summed E-state index contributed by atoms with van der Waals surface area (Å²) >= 11 is 0. The second-order valence-electron chi connectivity index (χ2n) is 4.61. The Labute approximate surface area is 109 Å². The molecular formula is C14H23FN2O. The first-order valence-corrected chi connectivity index (χ1v) is 6.40. The van der Waals surface area contributed by atoms with Gasteiger partial charge in [0.05, 0.1) is 7.11 Å². The maximum Gasteiger partial charge on any atom is 0.165 e. The highest BCUT2D eigenvalue weighted by molar-refractivity contribution is 5.29. The van der Waals surface area contributed by atoms with Crippen LogP contribution in [0.25, 0.3) is 0 Å². The minimum Gasteiger partial charge on any atom is -0.494 e. The van der Waals surface area contributed by atoms with Crippen molar-refractivity contribution in [2.24, 2.45) is 11.7 Å². The van der Waals surface area contributed by atoms with Gasteiger partial charge in [-0.1, -0.05) is 13.0 Å². The summed E-state index contributed by atoms with van der Waals surface area (Å²) < 4.78 is 18.3. The number of methoxy groups -OCH3 is 1. The van der Waals surface area contributed by atoms with Gasteiger partial charge < -0.3 is 15.8 Å². The average Bonchev–Trinajstić information content (AvgIpc) is 2.35. The molecule has 1 unspecified atom stereocenters. The van der Waals surface area contributed by atoms with Crippen LogP contribution in [0.15, 0.2) is 18.2 Å². The molecule has 0 aliphatic rings. The van der Waals surface area contributed by atoms with Gasteiger partial charge in [-0.3, -0.25) is 0 Å². The van der Waals surface area contributed by atoms with Crippen LogP contribution in [0.2, 0.25) is 0 Å². The Hall–Kier alpha value is -1.13. The van der Waals surface area contributed by atoms with E-state index in [-0.39, 0.29) is 5.82 Å². The largest absolute Gasteiger partial charge is 0.494 e. The zero-order chi connectivity index (χ0) is 13.4. The molecule has 1 aromatic rings. The van der Waals surface area contributed by atoms with Crippen LogP contribution in [0.1, 0.15) is 18.9 Å². The zero-order valence-corrected chi connectivity index (χ0v) is 11.2. The lowest BCUT2D eigenvalue weighted by atomic mass is 10.1. The Morgan fingerprint density at radius 2 is 2.22 bits per heavy atom. The third kappa shape index (κ3) is 5.02. The van der Waals surface area contributed by atoms with Crippen molar-refractivity contribution >= 4 is 0 Å². The van der Waals surface area contributed by atoms with E-state index in [1.807, 2.05) is 6.07 Å². The SMILES string of the molecule is COc1ccc(CCNCC(C)CCN)cc1F. The molecule has 102 valence electrons. The number of benzene rings is 1. The molecule has 0 fully saturated rings. The predicted molar refractivity (Wildman–Crippen MR) is 72.4 cm³/mol. The Bertz CT molecular complexity index is 358. The van der Waals surface area contributed by atoms with Crippen LogP contribution in [0.5, 0.6) is 5.75 Å². The lowest BCUT2D eigenvalue weighted by Gasteiger charge is -2.11. The average molecular weight is 254 g/mol. The highest BCUT2D eigenvalue weighted by Gasteiger charge is 2.04. The monoisotopic (exact) mass is 254 g/mol. The van der Waals surface area contributed by atoms with Crippen molar-refractivity contribution in [2.75, 3.05) is 26.7 Å². The van der Waals surface area contributed by atoms with Gasteiger partial charge in [-0.15, -0.1) is 0 Å². The maximum absolute atomic E-state index is 13.4. The maximum atomic E-state index is 13.4. The highest BCUT2D eigenvalue weighted by atomic mass is 19.1. The van der Waals surface area contributed by atoms with Crippen molar-refractivity contribution in [1.82, 2.24) is 5.32 Å². The van der Waals surface area contributed by atoms with Gasteiger partial charge in [0.2, 0.25) is 0 Å². The van der Waals surface area contributed by atoms with Gasteiger partial charge in [-0.05, 0) is 56.1 Å². The molecule has 0 saturated carbocycles. The number of hydrogen-bond acceptors (Lipinski definition) is 3. The van der Waals surface area contributed by atoms with E-state index in [9.17, 15) is 4.39 Å². The molecule has 1 rings (SSSR count). The van der Waals surface area contributed by atoms with Crippen LogP contribution in [0.4, 0.5) is 4.39 Å². The molecule has 0 spiro atoms. The fourth-order valence-corrected chi connectivity index (χ4v) is 1.83. The molecule has 4 heteroatoms. The number of nitrogens with one attached hydrogen (secondary N) is 1. The summed E-state index contributed by atoms with van der Waals surface area (Å²) in [5.74, 6) is 0.581. The summed E-state index contributed by atoms with van der Waals surface area (Å²) in [4.78, 5) is 0. The number of ether oxygens (including phenoxy) is 1. The van der Waals surface area contributed by atoms with E-state index < -0.39 is 0 Å². The van der Waals surface area contributed by atoms with Gasteiger partial charge in [0.1, 0.15) is 0 Å². The van der Waals surface area contributed by atoms with E-state index in [0.29, 0.717) is 11.7 Å². The third-order valence-electron chi connectivity index (χ3n) is 2.96. The van der Waals surface area contributed by atoms with Gasteiger partial charge in [0.15, 0.2) is 11.6 Å². The van der Waals surface area contributed by atoms with Gasteiger partial charge in [-0.25, -0.2) is 4.39 Å². The molecular weight excluding hydrogens is 231 g/mol. The summed E-state index contributed by atoms with van der Waals surface area (Å²) in [6, 6.07) is 5.10. The summed E-state index contributed by atoms with van der Waals surface area (Å²) in [5.41, 5.74) is 6.47. The van der Waals surface area contributed by atoms with Gasteiger partial charge in [0, 0.05) is 0 Å². The molecule has 3 nitrogen and oxygen atoms in total. The Balaban J connectivity index is 2.29. The van der Waals surface area contributed by atoms with Crippen LogP contribution < -0.4 is 15.8 Å². The number of halogens is 1. The quantitative estimate of drug-likeness (QED) is 0.697. The predicted octanol–water partition coefficient (Wildman–Crippen LogP) is 1.95. The van der Waals surface area contributed by atoms with Crippen molar-refractivity contribution in [3.8, 4) is 5.75 Å². The van der Waals surface area contributed by atoms with E-state index in [4.69, 9.17) is 10.5 Å². The minimum atomic E-state index is -0.300. The van der Waals surface area contributed by atoms with Gasteiger partial charge >= 0.3 is 0 Å². The molecule has 0 aromatic heterocycles. The van der Waals surface area contributed by atoms with Gasteiger partial charge in [-0.2, -0.15) is 0 Å². The molecule has 0 heterocycles. The van der Waals surface area contributed by atoms with Crippen molar-refractivity contribution < 1.29 is 9.13 Å². The van der Waals surface area contributed by atoms with Crippen molar-refractivity contribution in [1.29, 1.82) is 0 Å². The van der Waals surface area contributed by atoms with E-state index >= 15 is 0 Å². The molecule has 0 radical (unpaired) electrons. The van der Waals surface area contributed by atoms with E-state index in [0.717, 1.165) is 38.0 Å². The first kappa shape index (κ1) is 14.9.